The first kappa shape index (κ1) is 19.7. The normalized spacial score (nSPS) is 17.1. The van der Waals surface area contributed by atoms with E-state index in [2.05, 4.69) is 39.5 Å². The van der Waals surface area contributed by atoms with Gasteiger partial charge in [0.15, 0.2) is 0 Å². The number of rotatable bonds is 8. The van der Waals surface area contributed by atoms with Crippen LogP contribution in [0.2, 0.25) is 0 Å². The summed E-state index contributed by atoms with van der Waals surface area (Å²) in [7, 11) is 0. The Labute approximate surface area is 171 Å². The van der Waals surface area contributed by atoms with Crippen LogP contribution in [0.1, 0.15) is 36.0 Å². The monoisotopic (exact) mass is 391 g/mol. The quantitative estimate of drug-likeness (QED) is 0.551. The number of hydrogen-bond acceptors (Lipinski definition) is 3. The molecule has 5 nitrogen and oxygen atoms in total. The highest BCUT2D eigenvalue weighted by atomic mass is 16.3. The lowest BCUT2D eigenvalue weighted by Gasteiger charge is -2.24. The second-order valence-corrected chi connectivity index (χ2v) is 7.85. The molecule has 1 amide bonds. The molecule has 1 atom stereocenters. The van der Waals surface area contributed by atoms with Gasteiger partial charge in [-0.15, -0.1) is 0 Å². The van der Waals surface area contributed by atoms with E-state index < -0.39 is 0 Å². The fourth-order valence-corrected chi connectivity index (χ4v) is 4.28. The Bertz CT molecular complexity index is 965. The maximum absolute atomic E-state index is 12.4. The fourth-order valence-electron chi connectivity index (χ4n) is 4.28. The number of benzene rings is 2. The molecule has 1 fully saturated rings. The fraction of sp³-hybridized carbons (Fsp3) is 0.375. The maximum Gasteiger partial charge on any atom is 0.220 e. The first-order valence-corrected chi connectivity index (χ1v) is 10.5. The van der Waals surface area contributed by atoms with Gasteiger partial charge in [-0.1, -0.05) is 42.5 Å². The van der Waals surface area contributed by atoms with Crippen molar-refractivity contribution >= 4 is 16.8 Å². The van der Waals surface area contributed by atoms with Crippen LogP contribution in [-0.4, -0.2) is 40.1 Å². The highest BCUT2D eigenvalue weighted by Crippen LogP contribution is 2.22. The number of hydrogen-bond donors (Lipinski definition) is 3. The van der Waals surface area contributed by atoms with Crippen LogP contribution in [0.5, 0.6) is 0 Å². The van der Waals surface area contributed by atoms with Crippen molar-refractivity contribution in [3.63, 3.8) is 0 Å². The molecule has 152 valence electrons. The number of carbonyl (C=O) groups excluding carboxylic acids is 1. The summed E-state index contributed by atoms with van der Waals surface area (Å²) in [5, 5.41) is 13.8. The molecule has 0 saturated carbocycles. The van der Waals surface area contributed by atoms with Crippen LogP contribution in [0.4, 0.5) is 0 Å². The minimum absolute atomic E-state index is 0.0690. The van der Waals surface area contributed by atoms with Crippen molar-refractivity contribution in [2.75, 3.05) is 13.2 Å². The topological polar surface area (TPSA) is 68.4 Å². The number of aromatic nitrogens is 1. The molecule has 0 radical (unpaired) electrons. The predicted molar refractivity (Wildman–Crippen MR) is 115 cm³/mol. The number of aliphatic hydroxyl groups is 1. The number of aromatic amines is 1. The van der Waals surface area contributed by atoms with Crippen molar-refractivity contribution in [1.82, 2.24) is 15.2 Å². The Kier molecular flexibility index (Phi) is 6.27. The van der Waals surface area contributed by atoms with Gasteiger partial charge in [0.1, 0.15) is 0 Å². The number of amides is 1. The van der Waals surface area contributed by atoms with Gasteiger partial charge in [-0.05, 0) is 48.6 Å². The minimum Gasteiger partial charge on any atom is -0.395 e. The van der Waals surface area contributed by atoms with E-state index in [0.717, 1.165) is 43.4 Å². The number of carbonyl (C=O) groups is 1. The number of aryl methyl sites for hydroxylation is 1. The number of para-hydroxylation sites is 1. The minimum atomic E-state index is 0.0690. The standard InChI is InChI=1S/C24H29N3O2/c28-17-21-8-5-13-27(21)16-20-7-2-1-6-18(20)14-26-24(29)12-11-19-15-25-23-10-4-3-9-22(19)23/h1-4,6-7,9-10,15,21,25,28H,5,8,11-14,16-17H2,(H,26,29)/t21-/m0/s1. The molecular weight excluding hydrogens is 362 g/mol. The largest absolute Gasteiger partial charge is 0.395 e. The van der Waals surface area contributed by atoms with E-state index in [-0.39, 0.29) is 18.6 Å². The van der Waals surface area contributed by atoms with E-state index in [9.17, 15) is 9.90 Å². The number of H-pyrrole nitrogens is 1. The summed E-state index contributed by atoms with van der Waals surface area (Å²) in [6, 6.07) is 16.7. The Morgan fingerprint density at radius 2 is 1.90 bits per heavy atom. The lowest BCUT2D eigenvalue weighted by molar-refractivity contribution is -0.121. The molecule has 1 aromatic heterocycles. The molecule has 0 aliphatic carbocycles. The zero-order valence-electron chi connectivity index (χ0n) is 16.7. The van der Waals surface area contributed by atoms with Crippen LogP contribution < -0.4 is 5.32 Å². The van der Waals surface area contributed by atoms with Crippen LogP contribution in [0.3, 0.4) is 0 Å². The molecule has 1 aliphatic rings. The van der Waals surface area contributed by atoms with E-state index >= 15 is 0 Å². The zero-order chi connectivity index (χ0) is 20.1. The second-order valence-electron chi connectivity index (χ2n) is 7.85. The van der Waals surface area contributed by atoms with Gasteiger partial charge >= 0.3 is 0 Å². The van der Waals surface area contributed by atoms with Gasteiger partial charge in [0.05, 0.1) is 6.61 Å². The highest BCUT2D eigenvalue weighted by molar-refractivity contribution is 5.84. The van der Waals surface area contributed by atoms with Gasteiger partial charge in [0, 0.05) is 42.7 Å². The Morgan fingerprint density at radius 3 is 2.76 bits per heavy atom. The number of likely N-dealkylation sites (tertiary alicyclic amines) is 1. The van der Waals surface area contributed by atoms with Gasteiger partial charge in [-0.3, -0.25) is 9.69 Å². The number of nitrogens with zero attached hydrogens (tertiary/aromatic N) is 1. The Hall–Kier alpha value is -2.63. The van der Waals surface area contributed by atoms with E-state index in [1.54, 1.807) is 0 Å². The average molecular weight is 392 g/mol. The maximum atomic E-state index is 12.4. The number of fused-ring (bicyclic) bond motifs is 1. The molecule has 1 saturated heterocycles. The summed E-state index contributed by atoms with van der Waals surface area (Å²) in [4.78, 5) is 18.0. The third-order valence-electron chi connectivity index (χ3n) is 5.97. The average Bonchev–Trinajstić information content (AvgIpc) is 3.38. The van der Waals surface area contributed by atoms with Crippen molar-refractivity contribution < 1.29 is 9.90 Å². The third-order valence-corrected chi connectivity index (χ3v) is 5.97. The first-order valence-electron chi connectivity index (χ1n) is 10.5. The lowest BCUT2D eigenvalue weighted by atomic mass is 10.1. The molecule has 2 heterocycles. The van der Waals surface area contributed by atoms with Crippen molar-refractivity contribution in [2.24, 2.45) is 0 Å². The van der Waals surface area contributed by atoms with Gasteiger partial charge in [-0.25, -0.2) is 0 Å². The van der Waals surface area contributed by atoms with Crippen LogP contribution in [0.15, 0.2) is 54.7 Å². The molecular formula is C24H29N3O2. The summed E-state index contributed by atoms with van der Waals surface area (Å²) in [5.41, 5.74) is 4.67. The van der Waals surface area contributed by atoms with Crippen LogP contribution in [-0.2, 0) is 24.3 Å². The molecule has 0 spiro atoms. The molecule has 3 N–H and O–H groups in total. The van der Waals surface area contributed by atoms with E-state index in [1.807, 2.05) is 30.5 Å². The molecule has 1 aliphatic heterocycles. The van der Waals surface area contributed by atoms with Crippen molar-refractivity contribution in [3.05, 3.63) is 71.4 Å². The summed E-state index contributed by atoms with van der Waals surface area (Å²) in [5.74, 6) is 0.0690. The molecule has 0 unspecified atom stereocenters. The van der Waals surface area contributed by atoms with Crippen molar-refractivity contribution in [3.8, 4) is 0 Å². The molecule has 2 aromatic carbocycles. The first-order chi connectivity index (χ1) is 14.2. The summed E-state index contributed by atoms with van der Waals surface area (Å²) < 4.78 is 0. The molecule has 29 heavy (non-hydrogen) atoms. The molecule has 5 heteroatoms. The Balaban J connectivity index is 1.32. The molecule has 4 rings (SSSR count). The van der Waals surface area contributed by atoms with Gasteiger partial charge in [0.25, 0.3) is 0 Å². The van der Waals surface area contributed by atoms with Gasteiger partial charge in [0.2, 0.25) is 5.91 Å². The number of nitrogens with one attached hydrogen (secondary N) is 2. The van der Waals surface area contributed by atoms with Crippen LogP contribution in [0.25, 0.3) is 10.9 Å². The SMILES string of the molecule is O=C(CCc1c[nH]c2ccccc12)NCc1ccccc1CN1CCC[C@H]1CO. The lowest BCUT2D eigenvalue weighted by Crippen LogP contribution is -2.32. The smallest absolute Gasteiger partial charge is 0.220 e. The summed E-state index contributed by atoms with van der Waals surface area (Å²) >= 11 is 0. The third kappa shape index (κ3) is 4.69. The van der Waals surface area contributed by atoms with Crippen molar-refractivity contribution in [1.29, 1.82) is 0 Å². The van der Waals surface area contributed by atoms with Gasteiger partial charge in [-0.2, -0.15) is 0 Å². The van der Waals surface area contributed by atoms with Crippen molar-refractivity contribution in [2.45, 2.75) is 44.8 Å². The zero-order valence-corrected chi connectivity index (χ0v) is 16.7. The summed E-state index contributed by atoms with van der Waals surface area (Å²) in [6.07, 6.45) is 5.40. The Morgan fingerprint density at radius 1 is 1.10 bits per heavy atom. The highest BCUT2D eigenvalue weighted by Gasteiger charge is 2.24. The summed E-state index contributed by atoms with van der Waals surface area (Å²) in [6.45, 7) is 2.61. The van der Waals surface area contributed by atoms with E-state index in [1.165, 1.54) is 16.5 Å². The van der Waals surface area contributed by atoms with Crippen LogP contribution in [0, 0.1) is 0 Å². The van der Waals surface area contributed by atoms with Crippen LogP contribution >= 0.6 is 0 Å². The molecule has 3 aromatic rings. The molecule has 0 bridgehead atoms. The van der Waals surface area contributed by atoms with E-state index in [4.69, 9.17) is 0 Å². The predicted octanol–water partition coefficient (Wildman–Crippen LogP) is 3.37. The number of aliphatic hydroxyl groups excluding tert-OH is 1. The van der Waals surface area contributed by atoms with Gasteiger partial charge < -0.3 is 15.4 Å². The second kappa shape index (κ2) is 9.25. The van der Waals surface area contributed by atoms with E-state index in [0.29, 0.717) is 13.0 Å².